The van der Waals surface area contributed by atoms with Crippen molar-refractivity contribution >= 4 is 17.5 Å². The number of aryl methyl sites for hydroxylation is 1. The van der Waals surface area contributed by atoms with Crippen molar-refractivity contribution in [3.05, 3.63) is 58.6 Å². The first-order valence-corrected chi connectivity index (χ1v) is 7.25. The zero-order chi connectivity index (χ0) is 15.9. The number of benzene rings is 2. The van der Waals surface area contributed by atoms with Gasteiger partial charge in [0.25, 0.3) is 5.91 Å². The van der Waals surface area contributed by atoms with E-state index in [2.05, 4.69) is 5.32 Å². The second-order valence-corrected chi connectivity index (χ2v) is 5.27. The minimum Gasteiger partial charge on any atom is -0.496 e. The van der Waals surface area contributed by atoms with E-state index >= 15 is 0 Å². The van der Waals surface area contributed by atoms with Crippen LogP contribution in [0.5, 0.6) is 11.5 Å². The number of hydrogen-bond acceptors (Lipinski definition) is 3. The highest BCUT2D eigenvalue weighted by atomic mass is 35.5. The van der Waals surface area contributed by atoms with E-state index in [1.165, 1.54) is 0 Å². The summed E-state index contributed by atoms with van der Waals surface area (Å²) in [5, 5.41) is 3.44. The molecule has 0 aliphatic heterocycles. The molecule has 2 aromatic carbocycles. The Kier molecular flexibility index (Phi) is 5.67. The average Bonchev–Trinajstić information content (AvgIpc) is 2.52. The number of methoxy groups -OCH3 is 1. The first-order valence-electron chi connectivity index (χ1n) is 6.87. The molecule has 2 rings (SSSR count). The van der Waals surface area contributed by atoms with Gasteiger partial charge in [-0.05, 0) is 37.3 Å². The summed E-state index contributed by atoms with van der Waals surface area (Å²) in [5.41, 5.74) is 2.05. The van der Waals surface area contributed by atoms with Gasteiger partial charge in [-0.15, -0.1) is 0 Å². The van der Waals surface area contributed by atoms with Gasteiger partial charge < -0.3 is 14.8 Å². The Hall–Kier alpha value is -2.20. The number of hydrogen-bond donors (Lipinski definition) is 1. The number of amides is 1. The van der Waals surface area contributed by atoms with Crippen LogP contribution in [0.1, 0.15) is 11.1 Å². The fourth-order valence-corrected chi connectivity index (χ4v) is 2.10. The van der Waals surface area contributed by atoms with Crippen molar-refractivity contribution in [1.29, 1.82) is 0 Å². The molecule has 0 heterocycles. The quantitative estimate of drug-likeness (QED) is 0.888. The Morgan fingerprint density at radius 1 is 1.18 bits per heavy atom. The Labute approximate surface area is 135 Å². The normalized spacial score (nSPS) is 10.1. The van der Waals surface area contributed by atoms with Crippen molar-refractivity contribution in [1.82, 2.24) is 5.32 Å². The molecule has 4 nitrogen and oxygen atoms in total. The van der Waals surface area contributed by atoms with Crippen molar-refractivity contribution in [3.8, 4) is 11.5 Å². The van der Waals surface area contributed by atoms with E-state index in [-0.39, 0.29) is 12.5 Å². The number of ether oxygens (including phenoxy) is 2. The van der Waals surface area contributed by atoms with Crippen LogP contribution in [0.3, 0.4) is 0 Å². The zero-order valence-electron chi connectivity index (χ0n) is 12.6. The standard InChI is InChI=1S/C17H18ClNO3/c1-12-3-8-16(21-2)13(9-12)10-19-17(20)11-22-15-6-4-14(18)5-7-15/h3-9H,10-11H2,1-2H3,(H,19,20). The first kappa shape index (κ1) is 16.2. The summed E-state index contributed by atoms with van der Waals surface area (Å²) in [6, 6.07) is 12.7. The van der Waals surface area contributed by atoms with E-state index in [0.717, 1.165) is 16.9 Å². The van der Waals surface area contributed by atoms with Gasteiger partial charge in [-0.2, -0.15) is 0 Å². The lowest BCUT2D eigenvalue weighted by Crippen LogP contribution is -2.28. The third-order valence-corrected chi connectivity index (χ3v) is 3.35. The molecule has 0 aliphatic rings. The van der Waals surface area contributed by atoms with E-state index in [0.29, 0.717) is 17.3 Å². The largest absolute Gasteiger partial charge is 0.496 e. The average molecular weight is 320 g/mol. The Morgan fingerprint density at radius 3 is 2.59 bits per heavy atom. The molecule has 1 N–H and O–H groups in total. The topological polar surface area (TPSA) is 47.6 Å². The molecule has 0 aliphatic carbocycles. The van der Waals surface area contributed by atoms with E-state index in [9.17, 15) is 4.79 Å². The molecule has 1 amide bonds. The Balaban J connectivity index is 1.85. The van der Waals surface area contributed by atoms with Crippen LogP contribution in [0.2, 0.25) is 5.02 Å². The van der Waals surface area contributed by atoms with E-state index < -0.39 is 0 Å². The van der Waals surface area contributed by atoms with Crippen LogP contribution in [-0.4, -0.2) is 19.6 Å². The van der Waals surface area contributed by atoms with Gasteiger partial charge in [0.1, 0.15) is 11.5 Å². The van der Waals surface area contributed by atoms with E-state index in [1.54, 1.807) is 31.4 Å². The molecule has 2 aromatic rings. The maximum atomic E-state index is 11.8. The molecule has 0 radical (unpaired) electrons. The van der Waals surface area contributed by atoms with Crippen molar-refractivity contribution in [2.24, 2.45) is 0 Å². The Morgan fingerprint density at radius 2 is 1.91 bits per heavy atom. The van der Waals surface area contributed by atoms with Gasteiger partial charge in [-0.25, -0.2) is 0 Å². The molecular weight excluding hydrogens is 302 g/mol. The number of rotatable bonds is 6. The third-order valence-electron chi connectivity index (χ3n) is 3.10. The van der Waals surface area contributed by atoms with Gasteiger partial charge in [-0.3, -0.25) is 4.79 Å². The second kappa shape index (κ2) is 7.71. The molecule has 0 unspecified atom stereocenters. The lowest BCUT2D eigenvalue weighted by molar-refractivity contribution is -0.123. The summed E-state index contributed by atoms with van der Waals surface area (Å²) in [6.45, 7) is 2.35. The minimum absolute atomic E-state index is 0.0459. The third kappa shape index (κ3) is 4.67. The summed E-state index contributed by atoms with van der Waals surface area (Å²) in [4.78, 5) is 11.8. The SMILES string of the molecule is COc1ccc(C)cc1CNC(=O)COc1ccc(Cl)cc1. The van der Waals surface area contributed by atoms with Gasteiger partial charge in [-0.1, -0.05) is 29.3 Å². The number of carbonyl (C=O) groups is 1. The lowest BCUT2D eigenvalue weighted by atomic mass is 10.1. The molecule has 22 heavy (non-hydrogen) atoms. The summed E-state index contributed by atoms with van der Waals surface area (Å²) in [6.07, 6.45) is 0. The Bertz CT molecular complexity index is 641. The van der Waals surface area contributed by atoms with Crippen LogP contribution in [0, 0.1) is 6.92 Å². The summed E-state index contributed by atoms with van der Waals surface area (Å²) in [5.74, 6) is 1.16. The highest BCUT2D eigenvalue weighted by Crippen LogP contribution is 2.19. The fraction of sp³-hybridized carbons (Fsp3) is 0.235. The monoisotopic (exact) mass is 319 g/mol. The molecule has 0 spiro atoms. The number of carbonyl (C=O) groups excluding carboxylic acids is 1. The maximum Gasteiger partial charge on any atom is 0.258 e. The number of halogens is 1. The van der Waals surface area contributed by atoms with Crippen LogP contribution < -0.4 is 14.8 Å². The van der Waals surface area contributed by atoms with Crippen molar-refractivity contribution < 1.29 is 14.3 Å². The first-order chi connectivity index (χ1) is 10.6. The van der Waals surface area contributed by atoms with Gasteiger partial charge in [0, 0.05) is 17.1 Å². The van der Waals surface area contributed by atoms with Crippen molar-refractivity contribution in [2.75, 3.05) is 13.7 Å². The van der Waals surface area contributed by atoms with E-state index in [4.69, 9.17) is 21.1 Å². The molecule has 0 aromatic heterocycles. The predicted octanol–water partition coefficient (Wildman–Crippen LogP) is 3.35. The molecular formula is C17H18ClNO3. The molecule has 5 heteroatoms. The van der Waals surface area contributed by atoms with E-state index in [1.807, 2.05) is 25.1 Å². The number of nitrogens with one attached hydrogen (secondary N) is 1. The summed E-state index contributed by atoms with van der Waals surface area (Å²) < 4.78 is 10.7. The van der Waals surface area contributed by atoms with Gasteiger partial charge in [0.15, 0.2) is 6.61 Å². The molecule has 0 atom stereocenters. The molecule has 0 bridgehead atoms. The van der Waals surface area contributed by atoms with Gasteiger partial charge in [0.05, 0.1) is 7.11 Å². The lowest BCUT2D eigenvalue weighted by Gasteiger charge is -2.11. The maximum absolute atomic E-state index is 11.8. The smallest absolute Gasteiger partial charge is 0.258 e. The predicted molar refractivity (Wildman–Crippen MR) is 86.5 cm³/mol. The molecule has 116 valence electrons. The van der Waals surface area contributed by atoms with Crippen LogP contribution in [0.15, 0.2) is 42.5 Å². The molecule has 0 saturated heterocycles. The van der Waals surface area contributed by atoms with Crippen LogP contribution in [0.4, 0.5) is 0 Å². The second-order valence-electron chi connectivity index (χ2n) is 4.83. The van der Waals surface area contributed by atoms with Gasteiger partial charge >= 0.3 is 0 Å². The molecule has 0 saturated carbocycles. The summed E-state index contributed by atoms with van der Waals surface area (Å²) in [7, 11) is 1.61. The minimum atomic E-state index is -0.196. The molecule has 0 fully saturated rings. The van der Waals surface area contributed by atoms with Crippen LogP contribution >= 0.6 is 11.6 Å². The van der Waals surface area contributed by atoms with Crippen molar-refractivity contribution in [3.63, 3.8) is 0 Å². The van der Waals surface area contributed by atoms with Crippen LogP contribution in [0.25, 0.3) is 0 Å². The van der Waals surface area contributed by atoms with Gasteiger partial charge in [0.2, 0.25) is 0 Å². The fourth-order valence-electron chi connectivity index (χ4n) is 1.97. The highest BCUT2D eigenvalue weighted by Gasteiger charge is 2.07. The zero-order valence-corrected chi connectivity index (χ0v) is 13.3. The summed E-state index contributed by atoms with van der Waals surface area (Å²) >= 11 is 5.79. The van der Waals surface area contributed by atoms with Crippen LogP contribution in [-0.2, 0) is 11.3 Å². The van der Waals surface area contributed by atoms with Crippen molar-refractivity contribution in [2.45, 2.75) is 13.5 Å². The highest BCUT2D eigenvalue weighted by molar-refractivity contribution is 6.30.